The Morgan fingerprint density at radius 3 is 1.16 bits per heavy atom. The number of allylic oxidation sites excluding steroid dienone is 6. The lowest BCUT2D eigenvalue weighted by molar-refractivity contribution is -0.301. The Kier molecular flexibility index (Phi) is 53.8. The molecule has 0 radical (unpaired) electrons. The number of esters is 3. The highest BCUT2D eigenvalue weighted by atomic mass is 16.7. The zero-order chi connectivity index (χ0) is 58.9. The summed E-state index contributed by atoms with van der Waals surface area (Å²) in [6.07, 6.45) is 56.7. The molecule has 12 nitrogen and oxygen atoms in total. The van der Waals surface area contributed by atoms with Gasteiger partial charge in [-0.3, -0.25) is 14.4 Å². The Morgan fingerprint density at radius 1 is 0.407 bits per heavy atom. The van der Waals surface area contributed by atoms with Gasteiger partial charge in [-0.25, -0.2) is 4.79 Å². The first-order valence-corrected chi connectivity index (χ1v) is 34.0. The van der Waals surface area contributed by atoms with E-state index in [1.807, 2.05) is 0 Å². The summed E-state index contributed by atoms with van der Waals surface area (Å²) in [6.45, 7) is 6.00. The fourth-order valence-corrected chi connectivity index (χ4v) is 10.5. The van der Waals surface area contributed by atoms with Crippen molar-refractivity contribution in [2.24, 2.45) is 0 Å². The number of aliphatic hydroxyl groups is 2. The second kappa shape index (κ2) is 57.4. The topological polar surface area (TPSA) is 175 Å². The molecule has 472 valence electrons. The highest BCUT2D eigenvalue weighted by Gasteiger charge is 2.50. The Bertz CT molecular complexity index is 1550. The molecule has 0 aromatic rings. The van der Waals surface area contributed by atoms with Crippen molar-refractivity contribution in [3.05, 3.63) is 36.5 Å². The van der Waals surface area contributed by atoms with Crippen molar-refractivity contribution < 1.29 is 58.2 Å². The molecule has 1 saturated heterocycles. The standard InChI is InChI=1S/C69H124O12/c1-4-7-10-13-16-19-22-25-27-29-31-33-35-38-40-43-46-49-52-55-61(70)77-58-60(79-62(71)56-53-50-47-44-42-39-36-34-32-30-28-26-23-20-17-14-11-8-5-2)59-78-69-67(65(74)64(73)66(81-69)68(75)76)80-63(72)57-54-51-48-45-41-37-24-21-18-15-12-9-6-3/h16,19,21,24-25,27,60,64-67,69,73-74H,4-15,17-18,20,22-23,26,28-59H2,1-3H3,(H,75,76)/b19-16-,24-21-,27-25-. The quantitative estimate of drug-likeness (QED) is 0.0228. The van der Waals surface area contributed by atoms with Gasteiger partial charge in [-0.15, -0.1) is 0 Å². The second-order valence-electron chi connectivity index (χ2n) is 23.5. The third-order valence-electron chi connectivity index (χ3n) is 15.7. The summed E-state index contributed by atoms with van der Waals surface area (Å²) in [7, 11) is 0. The number of carboxylic acid groups (broad SMARTS) is 1. The molecule has 81 heavy (non-hydrogen) atoms. The lowest BCUT2D eigenvalue weighted by Crippen LogP contribution is -2.61. The van der Waals surface area contributed by atoms with E-state index in [2.05, 4.69) is 57.2 Å². The van der Waals surface area contributed by atoms with E-state index in [0.29, 0.717) is 19.3 Å². The lowest BCUT2D eigenvalue weighted by Gasteiger charge is -2.40. The molecule has 1 rings (SSSR count). The maximum atomic E-state index is 13.2. The third-order valence-corrected chi connectivity index (χ3v) is 15.7. The van der Waals surface area contributed by atoms with Crippen LogP contribution >= 0.6 is 0 Å². The second-order valence-corrected chi connectivity index (χ2v) is 23.5. The number of hydrogen-bond acceptors (Lipinski definition) is 11. The highest BCUT2D eigenvalue weighted by molar-refractivity contribution is 5.74. The van der Waals surface area contributed by atoms with Crippen LogP contribution in [0.5, 0.6) is 0 Å². The first-order chi connectivity index (χ1) is 39.6. The zero-order valence-corrected chi connectivity index (χ0v) is 52.3. The van der Waals surface area contributed by atoms with Crippen LogP contribution in [0.15, 0.2) is 36.5 Å². The number of carbonyl (C=O) groups excluding carboxylic acids is 3. The van der Waals surface area contributed by atoms with Crippen LogP contribution < -0.4 is 0 Å². The van der Waals surface area contributed by atoms with Gasteiger partial charge in [0.2, 0.25) is 0 Å². The molecule has 0 bridgehead atoms. The molecule has 0 aromatic heterocycles. The van der Waals surface area contributed by atoms with Gasteiger partial charge in [0.15, 0.2) is 24.6 Å². The fraction of sp³-hybridized carbons (Fsp3) is 0.855. The van der Waals surface area contributed by atoms with Crippen molar-refractivity contribution in [3.8, 4) is 0 Å². The summed E-state index contributed by atoms with van der Waals surface area (Å²) in [5.74, 6) is -3.10. The first-order valence-electron chi connectivity index (χ1n) is 34.0. The Balaban J connectivity index is 2.62. The summed E-state index contributed by atoms with van der Waals surface area (Å²) in [4.78, 5) is 51.4. The van der Waals surface area contributed by atoms with E-state index < -0.39 is 67.3 Å². The molecule has 12 heteroatoms. The van der Waals surface area contributed by atoms with Gasteiger partial charge >= 0.3 is 23.9 Å². The summed E-state index contributed by atoms with van der Waals surface area (Å²) < 4.78 is 28.6. The molecule has 3 N–H and O–H groups in total. The maximum absolute atomic E-state index is 13.2. The Morgan fingerprint density at radius 2 is 0.741 bits per heavy atom. The van der Waals surface area contributed by atoms with Gasteiger partial charge in [0.1, 0.15) is 18.8 Å². The predicted molar refractivity (Wildman–Crippen MR) is 331 cm³/mol. The van der Waals surface area contributed by atoms with Gasteiger partial charge in [0.05, 0.1) is 6.61 Å². The number of ether oxygens (including phenoxy) is 5. The van der Waals surface area contributed by atoms with Gasteiger partial charge in [0.25, 0.3) is 0 Å². The summed E-state index contributed by atoms with van der Waals surface area (Å²) in [6, 6.07) is 0. The number of hydrogen-bond donors (Lipinski definition) is 3. The molecule has 1 heterocycles. The molecular weight excluding hydrogens is 1020 g/mol. The molecule has 6 unspecified atom stereocenters. The predicted octanol–water partition coefficient (Wildman–Crippen LogP) is 18.4. The number of aliphatic carboxylic acids is 1. The largest absolute Gasteiger partial charge is 0.479 e. The Hall–Kier alpha value is -3.06. The van der Waals surface area contributed by atoms with Gasteiger partial charge in [-0.2, -0.15) is 0 Å². The van der Waals surface area contributed by atoms with Crippen LogP contribution in [0, 0.1) is 0 Å². The van der Waals surface area contributed by atoms with Crippen LogP contribution in [0.25, 0.3) is 0 Å². The molecule has 1 aliphatic heterocycles. The summed E-state index contributed by atoms with van der Waals surface area (Å²) >= 11 is 0. The smallest absolute Gasteiger partial charge is 0.335 e. The number of unbranched alkanes of at least 4 members (excludes halogenated alkanes) is 39. The van der Waals surface area contributed by atoms with E-state index in [-0.39, 0.29) is 25.9 Å². The SMILES string of the molecule is CCCCC/C=C\C/C=C\CCCCCCCCCCCC(=O)OCC(COC1OC(C(=O)O)C(O)C(O)C1OC(=O)CCCCCCC/C=C\CCCCCC)OC(=O)CCCCCCCCCCCCCCCCCCCCC. The van der Waals surface area contributed by atoms with E-state index in [1.165, 1.54) is 180 Å². The average Bonchev–Trinajstić information content (AvgIpc) is 3.46. The van der Waals surface area contributed by atoms with Gasteiger partial charge in [0, 0.05) is 19.3 Å². The van der Waals surface area contributed by atoms with Crippen LogP contribution in [0.4, 0.5) is 0 Å². The molecule has 1 fully saturated rings. The van der Waals surface area contributed by atoms with Crippen molar-refractivity contribution in [1.29, 1.82) is 0 Å². The maximum Gasteiger partial charge on any atom is 0.335 e. The summed E-state index contributed by atoms with van der Waals surface area (Å²) in [5.41, 5.74) is 0. The minimum atomic E-state index is -1.90. The van der Waals surface area contributed by atoms with Gasteiger partial charge < -0.3 is 39.0 Å². The fourth-order valence-electron chi connectivity index (χ4n) is 10.5. The summed E-state index contributed by atoms with van der Waals surface area (Å²) in [5, 5.41) is 31.6. The lowest BCUT2D eigenvalue weighted by atomic mass is 9.98. The molecule has 1 aliphatic rings. The number of rotatable bonds is 59. The van der Waals surface area contributed by atoms with Crippen LogP contribution in [0.3, 0.4) is 0 Å². The minimum absolute atomic E-state index is 0.0535. The molecular formula is C69H124O12. The Labute approximate surface area is 495 Å². The highest BCUT2D eigenvalue weighted by Crippen LogP contribution is 2.27. The van der Waals surface area contributed by atoms with E-state index in [1.54, 1.807) is 0 Å². The van der Waals surface area contributed by atoms with E-state index in [4.69, 9.17) is 23.7 Å². The van der Waals surface area contributed by atoms with Crippen LogP contribution in [-0.2, 0) is 42.9 Å². The van der Waals surface area contributed by atoms with Crippen LogP contribution in [0.1, 0.15) is 329 Å². The van der Waals surface area contributed by atoms with Crippen LogP contribution in [0.2, 0.25) is 0 Å². The van der Waals surface area contributed by atoms with Crippen molar-refractivity contribution >= 4 is 23.9 Å². The number of aliphatic hydroxyl groups excluding tert-OH is 2. The van der Waals surface area contributed by atoms with Crippen LogP contribution in [-0.4, -0.2) is 89.2 Å². The van der Waals surface area contributed by atoms with Crippen molar-refractivity contribution in [2.45, 2.75) is 366 Å². The average molecular weight is 1150 g/mol. The van der Waals surface area contributed by atoms with E-state index in [0.717, 1.165) is 89.9 Å². The van der Waals surface area contributed by atoms with Crippen molar-refractivity contribution in [1.82, 2.24) is 0 Å². The van der Waals surface area contributed by atoms with E-state index in [9.17, 15) is 34.5 Å². The number of carbonyl (C=O) groups is 4. The number of carboxylic acids is 1. The van der Waals surface area contributed by atoms with Gasteiger partial charge in [-0.1, -0.05) is 269 Å². The molecule has 0 saturated carbocycles. The first kappa shape index (κ1) is 76.0. The van der Waals surface area contributed by atoms with Gasteiger partial charge in [-0.05, 0) is 77.0 Å². The normalized spacial score (nSPS) is 17.9. The molecule has 0 spiro atoms. The van der Waals surface area contributed by atoms with Crippen molar-refractivity contribution in [3.63, 3.8) is 0 Å². The molecule has 0 aromatic carbocycles. The van der Waals surface area contributed by atoms with E-state index >= 15 is 0 Å². The third kappa shape index (κ3) is 46.9. The zero-order valence-electron chi connectivity index (χ0n) is 52.3. The molecule has 0 aliphatic carbocycles. The van der Waals surface area contributed by atoms with Crippen molar-refractivity contribution in [2.75, 3.05) is 13.2 Å². The molecule has 6 atom stereocenters. The minimum Gasteiger partial charge on any atom is -0.479 e. The molecule has 0 amide bonds. The monoisotopic (exact) mass is 1140 g/mol.